The van der Waals surface area contributed by atoms with E-state index in [9.17, 15) is 4.79 Å². The lowest BCUT2D eigenvalue weighted by Crippen LogP contribution is -2.33. The number of rotatable bonds is 8. The Morgan fingerprint density at radius 2 is 2.26 bits per heavy atom. The summed E-state index contributed by atoms with van der Waals surface area (Å²) in [5.74, 6) is 0.317. The maximum absolute atomic E-state index is 12.0. The molecule has 0 fully saturated rings. The molecule has 0 saturated heterocycles. The van der Waals surface area contributed by atoms with Crippen molar-refractivity contribution in [2.75, 3.05) is 18.5 Å². The molecule has 1 atom stereocenters. The average molecular weight is 333 g/mol. The third kappa shape index (κ3) is 5.65. The Hall–Kier alpha value is -1.92. The first kappa shape index (κ1) is 17.4. The maximum atomic E-state index is 12.0. The quantitative estimate of drug-likeness (QED) is 0.689. The average Bonchev–Trinajstić information content (AvgIpc) is 3.08. The molecule has 5 nitrogen and oxygen atoms in total. The van der Waals surface area contributed by atoms with E-state index < -0.39 is 0 Å². The summed E-state index contributed by atoms with van der Waals surface area (Å²) in [5, 5.41) is 17.6. The molecule has 1 unspecified atom stereocenters. The number of hydrogen-bond donors (Lipinski definition) is 3. The summed E-state index contributed by atoms with van der Waals surface area (Å²) in [5.41, 5.74) is 1.73. The minimum absolute atomic E-state index is 0.157. The number of urea groups is 1. The lowest BCUT2D eigenvalue weighted by atomic mass is 10.0. The minimum Gasteiger partial charge on any atom is -0.396 e. The molecule has 2 rings (SSSR count). The monoisotopic (exact) mass is 333 g/mol. The molecular weight excluding hydrogens is 310 g/mol. The van der Waals surface area contributed by atoms with Crippen LogP contribution in [0.4, 0.5) is 10.5 Å². The van der Waals surface area contributed by atoms with Crippen LogP contribution in [-0.4, -0.2) is 29.3 Å². The van der Waals surface area contributed by atoms with E-state index in [1.165, 1.54) is 0 Å². The number of nitrogens with zero attached hydrogens (tertiary/aromatic N) is 1. The second-order valence-corrected chi connectivity index (χ2v) is 6.31. The zero-order valence-electron chi connectivity index (χ0n) is 13.3. The topological polar surface area (TPSA) is 74.2 Å². The smallest absolute Gasteiger partial charge is 0.319 e. The summed E-state index contributed by atoms with van der Waals surface area (Å²) in [6.45, 7) is 2.84. The van der Waals surface area contributed by atoms with Crippen molar-refractivity contribution < 1.29 is 9.90 Å². The number of thiazole rings is 1. The third-order valence-electron chi connectivity index (χ3n) is 3.59. The number of aliphatic hydroxyl groups excluding tert-OH is 1. The number of hydrogen-bond acceptors (Lipinski definition) is 4. The highest BCUT2D eigenvalue weighted by atomic mass is 32.1. The molecule has 6 heteroatoms. The van der Waals surface area contributed by atoms with E-state index in [1.54, 1.807) is 17.5 Å². The fourth-order valence-corrected chi connectivity index (χ4v) is 3.08. The predicted octanol–water partition coefficient (Wildman–Crippen LogP) is 3.73. The van der Waals surface area contributed by atoms with Crippen LogP contribution in [0.15, 0.2) is 35.8 Å². The van der Waals surface area contributed by atoms with Crippen molar-refractivity contribution in [3.05, 3.63) is 35.8 Å². The van der Waals surface area contributed by atoms with E-state index in [2.05, 4.69) is 22.5 Å². The van der Waals surface area contributed by atoms with Crippen LogP contribution in [-0.2, 0) is 0 Å². The number of aromatic nitrogens is 1. The van der Waals surface area contributed by atoms with Gasteiger partial charge in [-0.1, -0.05) is 25.5 Å². The largest absolute Gasteiger partial charge is 0.396 e. The fraction of sp³-hybridized carbons (Fsp3) is 0.412. The summed E-state index contributed by atoms with van der Waals surface area (Å²) in [6, 6.07) is 7.42. The molecule has 1 heterocycles. The summed E-state index contributed by atoms with van der Waals surface area (Å²) in [4.78, 5) is 16.3. The molecule has 0 aliphatic carbocycles. The molecular formula is C17H23N3O2S. The first-order valence-electron chi connectivity index (χ1n) is 7.88. The number of amides is 2. The van der Waals surface area contributed by atoms with Crippen LogP contribution in [0.25, 0.3) is 10.6 Å². The van der Waals surface area contributed by atoms with E-state index in [4.69, 9.17) is 5.11 Å². The van der Waals surface area contributed by atoms with Gasteiger partial charge >= 0.3 is 6.03 Å². The van der Waals surface area contributed by atoms with E-state index in [0.717, 1.165) is 29.1 Å². The molecule has 0 saturated carbocycles. The van der Waals surface area contributed by atoms with E-state index in [-0.39, 0.29) is 12.6 Å². The van der Waals surface area contributed by atoms with Crippen LogP contribution in [0.3, 0.4) is 0 Å². The highest BCUT2D eigenvalue weighted by molar-refractivity contribution is 7.13. The standard InChI is InChI=1S/C17H23N3O2S/c1-2-4-13(7-9-21)12-19-17(22)20-15-6-3-5-14(11-15)16-18-8-10-23-16/h3,5-6,8,10-11,13,21H,2,4,7,9,12H2,1H3,(H2,19,20,22). The maximum Gasteiger partial charge on any atom is 0.319 e. The number of carbonyl (C=O) groups excluding carboxylic acids is 1. The Kier molecular flexibility index (Phi) is 7.03. The SMILES string of the molecule is CCCC(CCO)CNC(=O)Nc1cccc(-c2nccs2)c1. The van der Waals surface area contributed by atoms with Gasteiger partial charge in [0, 0.05) is 36.0 Å². The van der Waals surface area contributed by atoms with Gasteiger partial charge in [-0.2, -0.15) is 0 Å². The normalized spacial score (nSPS) is 11.9. The minimum atomic E-state index is -0.222. The molecule has 0 radical (unpaired) electrons. The Bertz CT molecular complexity index is 596. The van der Waals surface area contributed by atoms with Crippen LogP contribution >= 0.6 is 11.3 Å². The fourth-order valence-electron chi connectivity index (χ4n) is 2.45. The molecule has 0 aliphatic rings. The molecule has 0 bridgehead atoms. The highest BCUT2D eigenvalue weighted by Crippen LogP contribution is 2.24. The summed E-state index contributed by atoms with van der Waals surface area (Å²) in [6.07, 6.45) is 4.53. The second-order valence-electron chi connectivity index (χ2n) is 5.42. The van der Waals surface area contributed by atoms with Gasteiger partial charge in [-0.3, -0.25) is 0 Å². The van der Waals surface area contributed by atoms with Crippen LogP contribution in [0.5, 0.6) is 0 Å². The van der Waals surface area contributed by atoms with Gasteiger partial charge in [0.25, 0.3) is 0 Å². The molecule has 0 aliphatic heterocycles. The van der Waals surface area contributed by atoms with Gasteiger partial charge in [0.2, 0.25) is 0 Å². The van der Waals surface area contributed by atoms with Crippen LogP contribution < -0.4 is 10.6 Å². The van der Waals surface area contributed by atoms with E-state index >= 15 is 0 Å². The molecule has 0 spiro atoms. The molecule has 2 amide bonds. The summed E-state index contributed by atoms with van der Waals surface area (Å²) in [7, 11) is 0. The number of anilines is 1. The van der Waals surface area contributed by atoms with Crippen molar-refractivity contribution in [1.82, 2.24) is 10.3 Å². The van der Waals surface area contributed by atoms with E-state index in [0.29, 0.717) is 18.9 Å². The number of benzene rings is 1. The molecule has 1 aromatic heterocycles. The van der Waals surface area contributed by atoms with Gasteiger partial charge < -0.3 is 15.7 Å². The first-order chi connectivity index (χ1) is 11.2. The van der Waals surface area contributed by atoms with Crippen molar-refractivity contribution in [3.8, 4) is 10.6 Å². The van der Waals surface area contributed by atoms with Crippen LogP contribution in [0, 0.1) is 5.92 Å². The first-order valence-corrected chi connectivity index (χ1v) is 8.76. The van der Waals surface area contributed by atoms with Crippen LogP contribution in [0.1, 0.15) is 26.2 Å². The van der Waals surface area contributed by atoms with Crippen molar-refractivity contribution in [2.45, 2.75) is 26.2 Å². The Morgan fingerprint density at radius 1 is 1.39 bits per heavy atom. The van der Waals surface area contributed by atoms with Crippen molar-refractivity contribution in [3.63, 3.8) is 0 Å². The lowest BCUT2D eigenvalue weighted by molar-refractivity contribution is 0.237. The third-order valence-corrected chi connectivity index (χ3v) is 4.41. The predicted molar refractivity (Wildman–Crippen MR) is 94.7 cm³/mol. The highest BCUT2D eigenvalue weighted by Gasteiger charge is 2.10. The number of carbonyl (C=O) groups is 1. The molecule has 3 N–H and O–H groups in total. The van der Waals surface area contributed by atoms with Gasteiger partial charge in [-0.05, 0) is 30.9 Å². The van der Waals surface area contributed by atoms with Gasteiger partial charge in [0.05, 0.1) is 0 Å². The van der Waals surface area contributed by atoms with E-state index in [1.807, 2.05) is 29.6 Å². The van der Waals surface area contributed by atoms with Crippen molar-refractivity contribution in [2.24, 2.45) is 5.92 Å². The van der Waals surface area contributed by atoms with Gasteiger partial charge in [0.15, 0.2) is 0 Å². The second kappa shape index (κ2) is 9.27. The summed E-state index contributed by atoms with van der Waals surface area (Å²) < 4.78 is 0. The Balaban J connectivity index is 1.89. The Morgan fingerprint density at radius 3 is 2.96 bits per heavy atom. The molecule has 124 valence electrons. The molecule has 2 aromatic rings. The van der Waals surface area contributed by atoms with Gasteiger partial charge in [-0.25, -0.2) is 9.78 Å². The Labute approximate surface area is 140 Å². The lowest BCUT2D eigenvalue weighted by Gasteiger charge is -2.16. The molecule has 23 heavy (non-hydrogen) atoms. The van der Waals surface area contributed by atoms with Crippen LogP contribution in [0.2, 0.25) is 0 Å². The van der Waals surface area contributed by atoms with Crippen molar-refractivity contribution in [1.29, 1.82) is 0 Å². The zero-order chi connectivity index (χ0) is 16.5. The zero-order valence-corrected chi connectivity index (χ0v) is 14.1. The van der Waals surface area contributed by atoms with Crippen molar-refractivity contribution >= 4 is 23.1 Å². The van der Waals surface area contributed by atoms with Gasteiger partial charge in [0.1, 0.15) is 5.01 Å². The molecule has 1 aromatic carbocycles. The number of aliphatic hydroxyl groups is 1. The summed E-state index contributed by atoms with van der Waals surface area (Å²) >= 11 is 1.57. The number of nitrogens with one attached hydrogen (secondary N) is 2. The van der Waals surface area contributed by atoms with Gasteiger partial charge in [-0.15, -0.1) is 11.3 Å².